The zero-order chi connectivity index (χ0) is 24.2. The van der Waals surface area contributed by atoms with Gasteiger partial charge in [-0.25, -0.2) is 9.59 Å². The van der Waals surface area contributed by atoms with Crippen LogP contribution in [-0.2, 0) is 11.8 Å². The number of piperidine rings is 1. The summed E-state index contributed by atoms with van der Waals surface area (Å²) in [5.41, 5.74) is 13.6. The summed E-state index contributed by atoms with van der Waals surface area (Å²) in [5, 5.41) is 25.5. The fourth-order valence-corrected chi connectivity index (χ4v) is 5.81. The summed E-state index contributed by atoms with van der Waals surface area (Å²) in [5.74, 6) is 0.337. The van der Waals surface area contributed by atoms with Crippen molar-refractivity contribution in [2.75, 3.05) is 19.3 Å². The van der Waals surface area contributed by atoms with Crippen LogP contribution in [0.3, 0.4) is 0 Å². The second kappa shape index (κ2) is 10.1. The van der Waals surface area contributed by atoms with Crippen LogP contribution in [0.2, 0.25) is 0 Å². The van der Waals surface area contributed by atoms with Gasteiger partial charge in [-0.1, -0.05) is 18.9 Å². The molecule has 1 heterocycles. The highest BCUT2D eigenvalue weighted by Crippen LogP contribution is 2.55. The molecular weight excluding hydrogens is 422 g/mol. The second-order valence-electron chi connectivity index (χ2n) is 9.12. The van der Waals surface area contributed by atoms with Crippen LogP contribution in [-0.4, -0.2) is 51.9 Å². The first-order valence-corrected chi connectivity index (χ1v) is 11.2. The summed E-state index contributed by atoms with van der Waals surface area (Å²) in [6, 6.07) is 12.9. The van der Waals surface area contributed by atoms with Crippen LogP contribution < -0.4 is 11.5 Å². The topological polar surface area (TPSA) is 150 Å². The first kappa shape index (κ1) is 24.4. The van der Waals surface area contributed by atoms with Crippen molar-refractivity contribution >= 4 is 17.7 Å². The molecular formula is C25H33N3O5. The van der Waals surface area contributed by atoms with E-state index in [-0.39, 0.29) is 5.56 Å². The Kier molecular flexibility index (Phi) is 7.48. The first-order valence-electron chi connectivity index (χ1n) is 11.2. The van der Waals surface area contributed by atoms with Crippen molar-refractivity contribution < 1.29 is 24.9 Å². The zero-order valence-electron chi connectivity index (χ0n) is 18.9. The number of aromatic hydroxyl groups is 1. The van der Waals surface area contributed by atoms with E-state index in [1.807, 2.05) is 6.07 Å². The lowest BCUT2D eigenvalue weighted by atomic mass is 9.52. The number of carboxylic acid groups (broad SMARTS) is 2. The fourth-order valence-electron chi connectivity index (χ4n) is 5.81. The van der Waals surface area contributed by atoms with Crippen molar-refractivity contribution in [2.45, 2.75) is 50.0 Å². The molecule has 7 N–H and O–H groups in total. The van der Waals surface area contributed by atoms with Gasteiger partial charge in [-0.15, -0.1) is 0 Å². The largest absolute Gasteiger partial charge is 0.508 e. The van der Waals surface area contributed by atoms with Gasteiger partial charge in [0.1, 0.15) is 5.75 Å². The summed E-state index contributed by atoms with van der Waals surface area (Å²) >= 11 is 0. The molecule has 3 atom stereocenters. The van der Waals surface area contributed by atoms with Crippen molar-refractivity contribution in [1.29, 1.82) is 0 Å². The van der Waals surface area contributed by atoms with E-state index in [1.54, 1.807) is 12.1 Å². The third-order valence-corrected chi connectivity index (χ3v) is 7.26. The molecule has 0 unspecified atom stereocenters. The van der Waals surface area contributed by atoms with E-state index in [2.05, 4.69) is 29.8 Å². The molecule has 1 saturated carbocycles. The van der Waals surface area contributed by atoms with Crippen LogP contribution in [0.15, 0.2) is 42.5 Å². The Morgan fingerprint density at radius 1 is 1.06 bits per heavy atom. The Bertz CT molecular complexity index is 990. The average Bonchev–Trinajstić information content (AvgIpc) is 2.77. The predicted octanol–water partition coefficient (Wildman–Crippen LogP) is 3.67. The summed E-state index contributed by atoms with van der Waals surface area (Å²) in [7, 11) is 2.30. The molecule has 2 aromatic carbocycles. The van der Waals surface area contributed by atoms with E-state index in [0.29, 0.717) is 16.9 Å². The maximum Gasteiger partial charge on any atom is 0.402 e. The number of phenols is 1. The standard InChI is InChI=1S/C17H23NO.C7H7NO2.CH3NO2/c1-18-9-8-17-7-3-2-4-14(17)16(18)10-12-5-6-13(19)11-15(12)17;8-6-3-1-5(2-4-6)7(9)10;2-1(3)4/h5-6,11,14,16,19H,2-4,7-10H2,1H3;1-4H,8H2,(H,9,10);2H2,(H,3,4)/t14-,16+,17+;;/m1../s1. The maximum atomic E-state index is 10.3. The minimum Gasteiger partial charge on any atom is -0.508 e. The number of anilines is 1. The minimum absolute atomic E-state index is 0.259. The number of amides is 1. The molecule has 0 spiro atoms. The monoisotopic (exact) mass is 455 g/mol. The highest BCUT2D eigenvalue weighted by Gasteiger charge is 2.52. The molecule has 1 aliphatic heterocycles. The molecule has 2 fully saturated rings. The van der Waals surface area contributed by atoms with E-state index < -0.39 is 12.1 Å². The molecule has 8 nitrogen and oxygen atoms in total. The molecule has 2 aromatic rings. The van der Waals surface area contributed by atoms with E-state index in [1.165, 1.54) is 68.3 Å². The lowest BCUT2D eigenvalue weighted by Crippen LogP contribution is -2.59. The fraction of sp³-hybridized carbons (Fsp3) is 0.440. The lowest BCUT2D eigenvalue weighted by molar-refractivity contribution is 0.00274. The summed E-state index contributed by atoms with van der Waals surface area (Å²) < 4.78 is 0. The van der Waals surface area contributed by atoms with Gasteiger partial charge in [-0.3, -0.25) is 0 Å². The number of rotatable bonds is 1. The number of nitrogens with zero attached hydrogens (tertiary/aromatic N) is 1. The van der Waals surface area contributed by atoms with Gasteiger partial charge >= 0.3 is 12.1 Å². The third-order valence-electron chi connectivity index (χ3n) is 7.26. The molecule has 3 aliphatic rings. The predicted molar refractivity (Wildman–Crippen MR) is 127 cm³/mol. The molecule has 1 amide bonds. The number of nitrogens with two attached hydrogens (primary N) is 2. The van der Waals surface area contributed by atoms with E-state index in [9.17, 15) is 9.90 Å². The molecule has 178 valence electrons. The van der Waals surface area contributed by atoms with Crippen molar-refractivity contribution in [2.24, 2.45) is 11.7 Å². The Morgan fingerprint density at radius 3 is 2.36 bits per heavy atom. The smallest absolute Gasteiger partial charge is 0.402 e. The number of nitrogen functional groups attached to an aromatic ring is 1. The summed E-state index contributed by atoms with van der Waals surface area (Å²) in [6.07, 6.45) is 6.59. The van der Waals surface area contributed by atoms with Gasteiger partial charge in [-0.05, 0) is 92.7 Å². The maximum absolute atomic E-state index is 10.3. The van der Waals surface area contributed by atoms with Crippen LogP contribution in [0.5, 0.6) is 5.75 Å². The SMILES string of the molecule is CN1CC[C@@]23CCCC[C@@H]2[C@@H]1Cc1ccc(O)cc13.NC(=O)O.Nc1ccc(C(=O)O)cc1. The normalized spacial score (nSPS) is 25.1. The van der Waals surface area contributed by atoms with Crippen LogP contribution >= 0.6 is 0 Å². The van der Waals surface area contributed by atoms with E-state index >= 15 is 0 Å². The van der Waals surface area contributed by atoms with Crippen molar-refractivity contribution in [3.8, 4) is 5.75 Å². The van der Waals surface area contributed by atoms with E-state index in [4.69, 9.17) is 20.7 Å². The molecule has 8 heteroatoms. The van der Waals surface area contributed by atoms with Crippen molar-refractivity contribution in [1.82, 2.24) is 4.90 Å². The van der Waals surface area contributed by atoms with Crippen LogP contribution in [0.1, 0.15) is 53.6 Å². The molecule has 0 aromatic heterocycles. The van der Waals surface area contributed by atoms with Gasteiger partial charge in [0.15, 0.2) is 0 Å². The number of carbonyl (C=O) groups is 2. The van der Waals surface area contributed by atoms with Crippen molar-refractivity contribution in [3.63, 3.8) is 0 Å². The highest BCUT2D eigenvalue weighted by atomic mass is 16.4. The lowest BCUT2D eigenvalue weighted by Gasteiger charge is -2.58. The van der Waals surface area contributed by atoms with Crippen LogP contribution in [0.25, 0.3) is 0 Å². The molecule has 33 heavy (non-hydrogen) atoms. The first-order chi connectivity index (χ1) is 15.6. The number of fused-ring (bicyclic) bond motifs is 1. The zero-order valence-corrected chi connectivity index (χ0v) is 18.9. The molecule has 2 aliphatic carbocycles. The van der Waals surface area contributed by atoms with Gasteiger partial charge in [-0.2, -0.15) is 0 Å². The highest BCUT2D eigenvalue weighted by molar-refractivity contribution is 5.87. The molecule has 5 rings (SSSR count). The number of primary amides is 1. The number of benzene rings is 2. The quantitative estimate of drug-likeness (QED) is 0.412. The number of phenolic OH excluding ortho intramolecular Hbond substituents is 1. The van der Waals surface area contributed by atoms with Crippen molar-refractivity contribution in [3.05, 3.63) is 59.2 Å². The van der Waals surface area contributed by atoms with Gasteiger partial charge in [0.05, 0.1) is 5.56 Å². The van der Waals surface area contributed by atoms with Gasteiger partial charge in [0.25, 0.3) is 0 Å². The number of aromatic carboxylic acids is 1. The average molecular weight is 456 g/mol. The molecule has 0 radical (unpaired) electrons. The molecule has 2 bridgehead atoms. The molecule has 1 saturated heterocycles. The summed E-state index contributed by atoms with van der Waals surface area (Å²) in [6.45, 7) is 1.22. The second-order valence-corrected chi connectivity index (χ2v) is 9.12. The Labute approximate surface area is 193 Å². The Morgan fingerprint density at radius 2 is 1.73 bits per heavy atom. The Hall–Kier alpha value is -3.26. The number of hydrogen-bond donors (Lipinski definition) is 5. The van der Waals surface area contributed by atoms with Crippen LogP contribution in [0.4, 0.5) is 10.5 Å². The van der Waals surface area contributed by atoms with E-state index in [0.717, 1.165) is 12.0 Å². The summed E-state index contributed by atoms with van der Waals surface area (Å²) in [4.78, 5) is 21.6. The van der Waals surface area contributed by atoms with Gasteiger partial charge in [0.2, 0.25) is 0 Å². The van der Waals surface area contributed by atoms with Crippen LogP contribution in [0, 0.1) is 5.92 Å². The van der Waals surface area contributed by atoms with Gasteiger partial charge < -0.3 is 31.7 Å². The third kappa shape index (κ3) is 5.39. The number of likely N-dealkylation sites (N-methyl/N-ethyl adjacent to an activating group) is 1. The number of carboxylic acids is 1. The number of hydrogen-bond acceptors (Lipinski definition) is 5. The Balaban J connectivity index is 0.000000185. The minimum atomic E-state index is -1.33. The van der Waals surface area contributed by atoms with Gasteiger partial charge in [0, 0.05) is 17.1 Å². The number of likely N-dealkylation sites (tertiary alicyclic amines) is 1.